The van der Waals surface area contributed by atoms with E-state index in [1.807, 2.05) is 18.2 Å². The molecule has 2 heterocycles. The van der Waals surface area contributed by atoms with Gasteiger partial charge in [-0.15, -0.1) is 0 Å². The van der Waals surface area contributed by atoms with Crippen LogP contribution in [-0.4, -0.2) is 20.8 Å². The van der Waals surface area contributed by atoms with E-state index in [4.69, 9.17) is 13.9 Å². The molecule has 19 heavy (non-hydrogen) atoms. The fourth-order valence-electron chi connectivity index (χ4n) is 2.63. The average Bonchev–Trinajstić information content (AvgIpc) is 2.99. The first kappa shape index (κ1) is 12.1. The second kappa shape index (κ2) is 4.97. The Hall–Kier alpha value is -1.94. The quantitative estimate of drug-likeness (QED) is 0.920. The number of fused-ring (bicyclic) bond motifs is 1. The summed E-state index contributed by atoms with van der Waals surface area (Å²) in [6.45, 7) is 0.904. The predicted molar refractivity (Wildman–Crippen MR) is 71.8 cm³/mol. The van der Waals surface area contributed by atoms with Crippen molar-refractivity contribution in [2.24, 2.45) is 0 Å². The number of rotatable bonds is 3. The van der Waals surface area contributed by atoms with Crippen molar-refractivity contribution in [3.63, 3.8) is 0 Å². The third-order valence-corrected chi connectivity index (χ3v) is 3.53. The number of ether oxygens (including phenoxy) is 2. The molecule has 3 rings (SSSR count). The molecule has 0 saturated carbocycles. The molecule has 1 aliphatic rings. The van der Waals surface area contributed by atoms with Gasteiger partial charge in [-0.1, -0.05) is 0 Å². The van der Waals surface area contributed by atoms with Crippen molar-refractivity contribution in [1.29, 1.82) is 0 Å². The van der Waals surface area contributed by atoms with E-state index in [0.717, 1.165) is 35.8 Å². The molecule has 0 saturated heterocycles. The van der Waals surface area contributed by atoms with Crippen LogP contribution in [0.2, 0.25) is 0 Å². The lowest BCUT2D eigenvalue weighted by Crippen LogP contribution is -2.30. The molecule has 0 bridgehead atoms. The van der Waals surface area contributed by atoms with Gasteiger partial charge in [-0.25, -0.2) is 0 Å². The summed E-state index contributed by atoms with van der Waals surface area (Å²) in [6.07, 6.45) is 2.64. The lowest BCUT2D eigenvalue weighted by molar-refractivity contribution is 0.379. The van der Waals surface area contributed by atoms with Gasteiger partial charge in [0.1, 0.15) is 17.3 Å². The number of nitrogens with one attached hydrogen (secondary N) is 1. The van der Waals surface area contributed by atoms with Crippen LogP contribution in [0, 0.1) is 0 Å². The molecule has 0 amide bonds. The van der Waals surface area contributed by atoms with Crippen molar-refractivity contribution < 1.29 is 13.9 Å². The normalized spacial score (nSPS) is 17.9. The minimum absolute atomic E-state index is 0.0581. The number of benzene rings is 1. The second-order valence-electron chi connectivity index (χ2n) is 4.55. The predicted octanol–water partition coefficient (Wildman–Crippen LogP) is 2.53. The number of hydrogen-bond acceptors (Lipinski definition) is 4. The summed E-state index contributed by atoms with van der Waals surface area (Å²) in [7, 11) is 3.36. The van der Waals surface area contributed by atoms with E-state index < -0.39 is 0 Å². The summed E-state index contributed by atoms with van der Waals surface area (Å²) < 4.78 is 16.4. The monoisotopic (exact) mass is 259 g/mol. The first-order valence-electron chi connectivity index (χ1n) is 6.35. The van der Waals surface area contributed by atoms with E-state index in [2.05, 4.69) is 11.4 Å². The van der Waals surface area contributed by atoms with Crippen molar-refractivity contribution in [1.82, 2.24) is 5.32 Å². The standard InChI is InChI=1S/C15H17NO3/c1-17-10-8-12-11(14(9-10)18-2)5-6-16-15(12)13-4-3-7-19-13/h3-4,7-9,15-16H,5-6H2,1-2H3. The van der Waals surface area contributed by atoms with E-state index in [1.165, 1.54) is 5.56 Å². The Morgan fingerprint density at radius 2 is 2.16 bits per heavy atom. The van der Waals surface area contributed by atoms with Crippen LogP contribution in [-0.2, 0) is 6.42 Å². The molecule has 2 aromatic rings. The molecule has 0 radical (unpaired) electrons. The van der Waals surface area contributed by atoms with Crippen LogP contribution >= 0.6 is 0 Å². The highest BCUT2D eigenvalue weighted by atomic mass is 16.5. The van der Waals surface area contributed by atoms with Crippen LogP contribution in [0.15, 0.2) is 34.9 Å². The number of hydrogen-bond donors (Lipinski definition) is 1. The Balaban J connectivity index is 2.12. The molecule has 0 spiro atoms. The van der Waals surface area contributed by atoms with Crippen LogP contribution < -0.4 is 14.8 Å². The summed E-state index contributed by atoms with van der Waals surface area (Å²) in [6, 6.07) is 7.94. The van der Waals surface area contributed by atoms with Crippen LogP contribution in [0.5, 0.6) is 11.5 Å². The molecule has 4 heteroatoms. The maximum Gasteiger partial charge on any atom is 0.126 e. The van der Waals surface area contributed by atoms with Gasteiger partial charge >= 0.3 is 0 Å². The molecule has 1 aromatic heterocycles. The summed E-state index contributed by atoms with van der Waals surface area (Å²) in [5.41, 5.74) is 2.39. The maximum absolute atomic E-state index is 5.53. The van der Waals surface area contributed by atoms with Gasteiger partial charge in [-0.2, -0.15) is 0 Å². The van der Waals surface area contributed by atoms with Gasteiger partial charge in [0, 0.05) is 18.2 Å². The molecule has 1 aromatic carbocycles. The van der Waals surface area contributed by atoms with Crippen molar-refractivity contribution in [3.8, 4) is 11.5 Å². The van der Waals surface area contributed by atoms with Gasteiger partial charge in [0.25, 0.3) is 0 Å². The van der Waals surface area contributed by atoms with Gasteiger partial charge in [0.15, 0.2) is 0 Å². The Kier molecular flexibility index (Phi) is 3.17. The van der Waals surface area contributed by atoms with E-state index in [9.17, 15) is 0 Å². The van der Waals surface area contributed by atoms with Gasteiger partial charge in [-0.05, 0) is 30.2 Å². The maximum atomic E-state index is 5.53. The second-order valence-corrected chi connectivity index (χ2v) is 4.55. The highest BCUT2D eigenvalue weighted by molar-refractivity contribution is 5.50. The van der Waals surface area contributed by atoms with Crippen LogP contribution in [0.3, 0.4) is 0 Å². The topological polar surface area (TPSA) is 43.6 Å². The first-order chi connectivity index (χ1) is 9.33. The SMILES string of the molecule is COc1cc(OC)c2c(c1)C(c1ccco1)NCC2. The third-order valence-electron chi connectivity index (χ3n) is 3.53. The van der Waals surface area contributed by atoms with E-state index in [0.29, 0.717) is 0 Å². The van der Waals surface area contributed by atoms with Gasteiger partial charge in [-0.3, -0.25) is 0 Å². The third kappa shape index (κ3) is 2.08. The highest BCUT2D eigenvalue weighted by Gasteiger charge is 2.26. The molecule has 0 aliphatic carbocycles. The first-order valence-corrected chi connectivity index (χ1v) is 6.35. The Morgan fingerprint density at radius 1 is 1.26 bits per heavy atom. The lowest BCUT2D eigenvalue weighted by atomic mass is 9.92. The molecular formula is C15H17NO3. The zero-order valence-electron chi connectivity index (χ0n) is 11.1. The molecule has 1 N–H and O–H groups in total. The van der Waals surface area contributed by atoms with E-state index >= 15 is 0 Å². The van der Waals surface area contributed by atoms with Gasteiger partial charge < -0.3 is 19.2 Å². The summed E-state index contributed by atoms with van der Waals surface area (Å²) >= 11 is 0. The van der Waals surface area contributed by atoms with Crippen molar-refractivity contribution >= 4 is 0 Å². The zero-order valence-corrected chi connectivity index (χ0v) is 11.1. The van der Waals surface area contributed by atoms with Gasteiger partial charge in [0.2, 0.25) is 0 Å². The lowest BCUT2D eigenvalue weighted by Gasteiger charge is -2.27. The fraction of sp³-hybridized carbons (Fsp3) is 0.333. The average molecular weight is 259 g/mol. The van der Waals surface area contributed by atoms with E-state index in [-0.39, 0.29) is 6.04 Å². The molecule has 1 atom stereocenters. The minimum atomic E-state index is 0.0581. The summed E-state index contributed by atoms with van der Waals surface area (Å²) in [5.74, 6) is 2.60. The van der Waals surface area contributed by atoms with Crippen LogP contribution in [0.4, 0.5) is 0 Å². The molecule has 100 valence electrons. The largest absolute Gasteiger partial charge is 0.497 e. The Labute approximate surface area is 112 Å². The van der Waals surface area contributed by atoms with Gasteiger partial charge in [0.05, 0.1) is 26.5 Å². The number of furan rings is 1. The molecule has 0 fully saturated rings. The van der Waals surface area contributed by atoms with E-state index in [1.54, 1.807) is 20.5 Å². The molecule has 4 nitrogen and oxygen atoms in total. The zero-order chi connectivity index (χ0) is 13.2. The van der Waals surface area contributed by atoms with Crippen molar-refractivity contribution in [2.45, 2.75) is 12.5 Å². The summed E-state index contributed by atoms with van der Waals surface area (Å²) in [5, 5.41) is 3.48. The Morgan fingerprint density at radius 3 is 2.84 bits per heavy atom. The molecule has 1 unspecified atom stereocenters. The molecular weight excluding hydrogens is 242 g/mol. The highest BCUT2D eigenvalue weighted by Crippen LogP contribution is 2.37. The smallest absolute Gasteiger partial charge is 0.126 e. The van der Waals surface area contributed by atoms with Crippen LogP contribution in [0.25, 0.3) is 0 Å². The minimum Gasteiger partial charge on any atom is -0.497 e. The fourth-order valence-corrected chi connectivity index (χ4v) is 2.63. The Bertz CT molecular complexity index is 563. The van der Waals surface area contributed by atoms with Crippen molar-refractivity contribution in [3.05, 3.63) is 47.4 Å². The summed E-state index contributed by atoms with van der Waals surface area (Å²) in [4.78, 5) is 0. The molecule has 1 aliphatic heterocycles. The van der Waals surface area contributed by atoms with Crippen molar-refractivity contribution in [2.75, 3.05) is 20.8 Å². The van der Waals surface area contributed by atoms with Crippen LogP contribution in [0.1, 0.15) is 22.9 Å². The number of methoxy groups -OCH3 is 2.